The molecule has 2 heterocycles. The van der Waals surface area contributed by atoms with E-state index in [0.717, 1.165) is 5.56 Å². The van der Waals surface area contributed by atoms with Crippen molar-refractivity contribution in [2.75, 3.05) is 6.54 Å². The first-order valence-electron chi connectivity index (χ1n) is 7.70. The van der Waals surface area contributed by atoms with Gasteiger partial charge in [-0.1, -0.05) is 12.1 Å². The van der Waals surface area contributed by atoms with Crippen LogP contribution in [0.15, 0.2) is 47.4 Å². The Morgan fingerprint density at radius 3 is 2.83 bits per heavy atom. The van der Waals surface area contributed by atoms with Crippen molar-refractivity contribution in [3.63, 3.8) is 0 Å². The van der Waals surface area contributed by atoms with Gasteiger partial charge in [0.25, 0.3) is 5.56 Å². The highest BCUT2D eigenvalue weighted by Crippen LogP contribution is 2.22. The Hall–Kier alpha value is -2.58. The zero-order valence-electron chi connectivity index (χ0n) is 12.9. The minimum absolute atomic E-state index is 0.0558. The van der Waals surface area contributed by atoms with Gasteiger partial charge in [-0.3, -0.25) is 9.59 Å². The molecular weight excluding hydrogens is 313 g/mol. The standard InChI is InChI=1S/C16H18FN5O2/c17-12-5-3-11(4-6-12)13-10-14(21-20-13)16(24)18-8-9-22-15(23)2-1-7-19-22/h1-7,13-14,20-21H,8-10H2,(H,18,24). The van der Waals surface area contributed by atoms with Crippen molar-refractivity contribution in [1.82, 2.24) is 25.9 Å². The Bertz CT molecular complexity index is 762. The minimum atomic E-state index is -0.388. The molecule has 0 bridgehead atoms. The lowest BCUT2D eigenvalue weighted by molar-refractivity contribution is -0.122. The van der Waals surface area contributed by atoms with Gasteiger partial charge in [0.1, 0.15) is 11.9 Å². The van der Waals surface area contributed by atoms with Crippen LogP contribution < -0.4 is 21.7 Å². The quantitative estimate of drug-likeness (QED) is 0.724. The molecule has 126 valence electrons. The molecule has 1 fully saturated rings. The van der Waals surface area contributed by atoms with E-state index in [-0.39, 0.29) is 29.4 Å². The number of nitrogens with one attached hydrogen (secondary N) is 3. The van der Waals surface area contributed by atoms with E-state index in [9.17, 15) is 14.0 Å². The van der Waals surface area contributed by atoms with Crippen molar-refractivity contribution >= 4 is 5.91 Å². The number of halogens is 1. The molecule has 1 saturated heterocycles. The lowest BCUT2D eigenvalue weighted by Crippen LogP contribution is -2.44. The molecule has 1 amide bonds. The monoisotopic (exact) mass is 331 g/mol. The molecule has 0 spiro atoms. The summed E-state index contributed by atoms with van der Waals surface area (Å²) in [4.78, 5) is 23.7. The minimum Gasteiger partial charge on any atom is -0.353 e. The number of nitrogens with zero attached hydrogens (tertiary/aromatic N) is 2. The van der Waals surface area contributed by atoms with E-state index in [2.05, 4.69) is 21.3 Å². The van der Waals surface area contributed by atoms with E-state index < -0.39 is 0 Å². The van der Waals surface area contributed by atoms with Crippen LogP contribution >= 0.6 is 0 Å². The maximum absolute atomic E-state index is 13.0. The zero-order valence-corrected chi connectivity index (χ0v) is 12.9. The highest BCUT2D eigenvalue weighted by atomic mass is 19.1. The maximum Gasteiger partial charge on any atom is 0.266 e. The first-order valence-corrected chi connectivity index (χ1v) is 7.70. The molecule has 7 nitrogen and oxygen atoms in total. The summed E-state index contributed by atoms with van der Waals surface area (Å²) in [6.07, 6.45) is 2.08. The van der Waals surface area contributed by atoms with Crippen LogP contribution in [0, 0.1) is 5.82 Å². The second-order valence-corrected chi connectivity index (χ2v) is 5.56. The molecule has 8 heteroatoms. The summed E-state index contributed by atoms with van der Waals surface area (Å²) in [5, 5.41) is 6.71. The summed E-state index contributed by atoms with van der Waals surface area (Å²) in [7, 11) is 0. The van der Waals surface area contributed by atoms with Crippen molar-refractivity contribution in [3.8, 4) is 0 Å². The third-order valence-electron chi connectivity index (χ3n) is 3.90. The topological polar surface area (TPSA) is 88.0 Å². The normalized spacial score (nSPS) is 20.0. The van der Waals surface area contributed by atoms with E-state index in [1.54, 1.807) is 18.2 Å². The van der Waals surface area contributed by atoms with Crippen LogP contribution in [0.5, 0.6) is 0 Å². The van der Waals surface area contributed by atoms with Crippen LogP contribution in [-0.4, -0.2) is 28.3 Å². The molecule has 0 saturated carbocycles. The summed E-state index contributed by atoms with van der Waals surface area (Å²) in [5.74, 6) is -0.445. The van der Waals surface area contributed by atoms with Crippen LogP contribution in [-0.2, 0) is 11.3 Å². The number of carbonyl (C=O) groups excluding carboxylic acids is 1. The molecule has 24 heavy (non-hydrogen) atoms. The molecule has 3 rings (SSSR count). The van der Waals surface area contributed by atoms with Crippen LogP contribution in [0.25, 0.3) is 0 Å². The lowest BCUT2D eigenvalue weighted by atomic mass is 10.0. The van der Waals surface area contributed by atoms with E-state index in [1.165, 1.54) is 29.1 Å². The Morgan fingerprint density at radius 1 is 1.29 bits per heavy atom. The van der Waals surface area contributed by atoms with Crippen LogP contribution in [0.3, 0.4) is 0 Å². The number of hydrazine groups is 1. The Labute approximate surface area is 137 Å². The van der Waals surface area contributed by atoms with Crippen molar-refractivity contribution in [1.29, 1.82) is 0 Å². The third kappa shape index (κ3) is 3.84. The molecule has 2 unspecified atom stereocenters. The highest BCUT2D eigenvalue weighted by molar-refractivity contribution is 5.82. The van der Waals surface area contributed by atoms with Gasteiger partial charge in [0.2, 0.25) is 5.91 Å². The van der Waals surface area contributed by atoms with Gasteiger partial charge in [-0.25, -0.2) is 19.9 Å². The predicted molar refractivity (Wildman–Crippen MR) is 85.3 cm³/mol. The van der Waals surface area contributed by atoms with E-state index in [1.807, 2.05) is 0 Å². The molecule has 0 aliphatic carbocycles. The molecule has 2 aromatic rings. The molecule has 1 aliphatic rings. The first kappa shape index (κ1) is 16.3. The number of rotatable bonds is 5. The summed E-state index contributed by atoms with van der Waals surface area (Å²) < 4.78 is 14.3. The van der Waals surface area contributed by atoms with Gasteiger partial charge in [0, 0.05) is 24.8 Å². The summed E-state index contributed by atoms with van der Waals surface area (Å²) >= 11 is 0. The number of hydrogen-bond acceptors (Lipinski definition) is 5. The van der Waals surface area contributed by atoms with E-state index >= 15 is 0 Å². The summed E-state index contributed by atoms with van der Waals surface area (Å²) in [5.41, 5.74) is 6.69. The van der Waals surface area contributed by atoms with Gasteiger partial charge in [-0.2, -0.15) is 5.10 Å². The fraction of sp³-hybridized carbons (Fsp3) is 0.312. The van der Waals surface area contributed by atoms with E-state index in [4.69, 9.17) is 0 Å². The average Bonchev–Trinajstić information content (AvgIpc) is 3.07. The molecule has 1 aromatic heterocycles. The SMILES string of the molecule is O=C(NCCn1ncccc1=O)C1CC(c2ccc(F)cc2)NN1. The van der Waals surface area contributed by atoms with E-state index in [0.29, 0.717) is 19.5 Å². The van der Waals surface area contributed by atoms with Crippen molar-refractivity contribution in [2.45, 2.75) is 25.0 Å². The summed E-state index contributed by atoms with van der Waals surface area (Å²) in [6.45, 7) is 0.627. The second-order valence-electron chi connectivity index (χ2n) is 5.56. The molecule has 1 aliphatic heterocycles. The predicted octanol–water partition coefficient (Wildman–Crippen LogP) is 0.106. The number of amides is 1. The average molecular weight is 331 g/mol. The van der Waals surface area contributed by atoms with Gasteiger partial charge in [-0.05, 0) is 30.2 Å². The van der Waals surface area contributed by atoms with Gasteiger partial charge in [0.05, 0.1) is 6.54 Å². The third-order valence-corrected chi connectivity index (χ3v) is 3.90. The van der Waals surface area contributed by atoms with Gasteiger partial charge < -0.3 is 5.32 Å². The second kappa shape index (κ2) is 7.33. The molecule has 0 radical (unpaired) electrons. The van der Waals surface area contributed by atoms with Crippen LogP contribution in [0.2, 0.25) is 0 Å². The van der Waals surface area contributed by atoms with Gasteiger partial charge >= 0.3 is 0 Å². The Balaban J connectivity index is 1.49. The number of carbonyl (C=O) groups is 1. The Kier molecular flexibility index (Phi) is 4.97. The van der Waals surface area contributed by atoms with Crippen LogP contribution in [0.4, 0.5) is 4.39 Å². The lowest BCUT2D eigenvalue weighted by Gasteiger charge is -2.11. The molecule has 2 atom stereocenters. The number of aromatic nitrogens is 2. The Morgan fingerprint density at radius 2 is 2.08 bits per heavy atom. The highest BCUT2D eigenvalue weighted by Gasteiger charge is 2.29. The van der Waals surface area contributed by atoms with Crippen molar-refractivity contribution in [2.24, 2.45) is 0 Å². The fourth-order valence-electron chi connectivity index (χ4n) is 2.61. The summed E-state index contributed by atoms with van der Waals surface area (Å²) in [6, 6.07) is 8.74. The molecule has 3 N–H and O–H groups in total. The smallest absolute Gasteiger partial charge is 0.266 e. The first-order chi connectivity index (χ1) is 11.6. The van der Waals surface area contributed by atoms with Gasteiger partial charge in [0.15, 0.2) is 0 Å². The number of hydrogen-bond donors (Lipinski definition) is 3. The van der Waals surface area contributed by atoms with Crippen molar-refractivity contribution < 1.29 is 9.18 Å². The van der Waals surface area contributed by atoms with Crippen LogP contribution in [0.1, 0.15) is 18.0 Å². The maximum atomic E-state index is 13.0. The zero-order chi connectivity index (χ0) is 16.9. The number of benzene rings is 1. The van der Waals surface area contributed by atoms with Crippen molar-refractivity contribution in [3.05, 3.63) is 64.3 Å². The molecule has 1 aromatic carbocycles. The molecular formula is C16H18FN5O2. The largest absolute Gasteiger partial charge is 0.353 e. The van der Waals surface area contributed by atoms with Gasteiger partial charge in [-0.15, -0.1) is 0 Å². The fourth-order valence-corrected chi connectivity index (χ4v) is 2.61.